The zero-order valence-electron chi connectivity index (χ0n) is 29.7. The summed E-state index contributed by atoms with van der Waals surface area (Å²) in [5, 5.41) is 0. The van der Waals surface area contributed by atoms with E-state index in [0.29, 0.717) is 42.2 Å². The molecule has 252 valence electrons. The molecule has 0 amide bonds. The number of nitrogens with zero attached hydrogens (tertiary/aromatic N) is 3. The van der Waals surface area contributed by atoms with Gasteiger partial charge in [-0.25, -0.2) is 0 Å². The molecule has 3 aliphatic rings. The summed E-state index contributed by atoms with van der Waals surface area (Å²) >= 11 is 1.84. The van der Waals surface area contributed by atoms with Crippen molar-refractivity contribution >= 4 is 46.4 Å². The fraction of sp³-hybridized carbons (Fsp3) is 0.293. The molecule has 4 heterocycles. The average Bonchev–Trinajstić information content (AvgIpc) is 3.53. The van der Waals surface area contributed by atoms with Gasteiger partial charge in [0.25, 0.3) is 0 Å². The molecule has 0 saturated heterocycles. The first-order chi connectivity index (χ1) is 23.5. The van der Waals surface area contributed by atoms with Crippen LogP contribution in [0.3, 0.4) is 0 Å². The molecule has 0 spiro atoms. The highest BCUT2D eigenvalue weighted by Gasteiger charge is 2.56. The number of benzene rings is 3. The van der Waals surface area contributed by atoms with Gasteiger partial charge in [-0.1, -0.05) is 74.5 Å². The summed E-state index contributed by atoms with van der Waals surface area (Å²) in [5.41, 5.74) is 13.9. The summed E-state index contributed by atoms with van der Waals surface area (Å²) in [5.74, 6) is 1.84. The van der Waals surface area contributed by atoms with Crippen molar-refractivity contribution in [1.29, 1.82) is 0 Å². The van der Waals surface area contributed by atoms with E-state index in [-0.39, 0.29) is 0 Å². The summed E-state index contributed by atoms with van der Waals surface area (Å²) in [4.78, 5) is 3.26. The number of ether oxygens (including phenoxy) is 1. The number of fused-ring (bicyclic) bond motifs is 2. The quantitative estimate of drug-likeness (QED) is 0.182. The van der Waals surface area contributed by atoms with Crippen molar-refractivity contribution in [2.45, 2.75) is 54.4 Å². The molecular weight excluding hydrogens is 631 g/mol. The van der Waals surface area contributed by atoms with Crippen LogP contribution >= 0.6 is 11.8 Å². The fourth-order valence-electron chi connectivity index (χ4n) is 8.15. The first kappa shape index (κ1) is 33.2. The van der Waals surface area contributed by atoms with Crippen LogP contribution < -0.4 is 4.90 Å². The molecule has 0 bridgehead atoms. The Bertz CT molecular complexity index is 2100. The Labute approximate surface area is 293 Å². The van der Waals surface area contributed by atoms with E-state index in [9.17, 15) is 0 Å². The second-order valence-corrected chi connectivity index (χ2v) is 14.5. The third-order valence-corrected chi connectivity index (χ3v) is 11.7. The van der Waals surface area contributed by atoms with Crippen LogP contribution in [-0.2, 0) is 11.2 Å². The maximum atomic E-state index is 16.6. The molecule has 49 heavy (non-hydrogen) atoms. The molecule has 0 N–H and O–H groups in total. The van der Waals surface area contributed by atoms with Crippen molar-refractivity contribution in [3.05, 3.63) is 129 Å². The summed E-state index contributed by atoms with van der Waals surface area (Å²) in [6.45, 7) is 8.46. The number of aromatic nitrogens is 1. The van der Waals surface area contributed by atoms with Crippen LogP contribution in [0.4, 0.5) is 14.3 Å². The van der Waals surface area contributed by atoms with Gasteiger partial charge in [0, 0.05) is 54.9 Å². The van der Waals surface area contributed by atoms with Crippen LogP contribution in [-0.4, -0.2) is 48.1 Å². The lowest BCUT2D eigenvalue weighted by Gasteiger charge is -2.34. The lowest BCUT2D eigenvalue weighted by atomic mass is 9.83. The van der Waals surface area contributed by atoms with Gasteiger partial charge < -0.3 is 27.2 Å². The summed E-state index contributed by atoms with van der Waals surface area (Å²) < 4.78 is 42.2. The number of halogens is 2. The largest absolute Gasteiger partial charge is 0.737 e. The normalized spacial score (nSPS) is 17.1. The predicted octanol–water partition coefficient (Wildman–Crippen LogP) is 10.2. The monoisotopic (exact) mass is 675 g/mol. The van der Waals surface area contributed by atoms with Crippen molar-refractivity contribution in [2.24, 2.45) is 0 Å². The molecule has 3 aromatic carbocycles. The van der Waals surface area contributed by atoms with Crippen LogP contribution in [0.25, 0.3) is 27.4 Å². The third kappa shape index (κ3) is 5.22. The van der Waals surface area contributed by atoms with Crippen LogP contribution in [0.2, 0.25) is 0 Å². The Morgan fingerprint density at radius 1 is 0.796 bits per heavy atom. The van der Waals surface area contributed by atoms with Crippen LogP contribution in [0.1, 0.15) is 73.3 Å². The van der Waals surface area contributed by atoms with Crippen molar-refractivity contribution in [3.63, 3.8) is 0 Å². The van der Waals surface area contributed by atoms with E-state index in [1.165, 1.54) is 14.7 Å². The van der Waals surface area contributed by atoms with E-state index in [0.717, 1.165) is 72.1 Å². The van der Waals surface area contributed by atoms with Gasteiger partial charge >= 0.3 is 6.97 Å². The molecule has 0 unspecified atom stereocenters. The minimum absolute atomic E-state index is 0.651. The number of rotatable bonds is 7. The molecule has 4 aromatic rings. The highest BCUT2D eigenvalue weighted by atomic mass is 32.2. The number of allylic oxidation sites excluding steroid dienone is 2. The Morgan fingerprint density at radius 2 is 1.37 bits per heavy atom. The summed E-state index contributed by atoms with van der Waals surface area (Å²) in [6, 6.07) is 25.6. The first-order valence-electron chi connectivity index (χ1n) is 17.3. The molecule has 3 aliphatic heterocycles. The zero-order valence-corrected chi connectivity index (χ0v) is 30.6. The van der Waals surface area contributed by atoms with E-state index >= 15 is 8.63 Å². The second kappa shape index (κ2) is 12.5. The minimum Gasteiger partial charge on any atom is -0.491 e. The van der Waals surface area contributed by atoms with E-state index in [1.807, 2.05) is 53.6 Å². The maximum absolute atomic E-state index is 16.6. The van der Waals surface area contributed by atoms with E-state index in [2.05, 4.69) is 91.5 Å². The zero-order chi connectivity index (χ0) is 34.8. The van der Waals surface area contributed by atoms with Crippen LogP contribution in [0, 0.1) is 13.8 Å². The number of thioether (sulfide) groups is 1. The second-order valence-electron chi connectivity index (χ2n) is 13.4. The molecule has 7 rings (SSSR count). The number of hydrogen-bond donors (Lipinski definition) is 0. The van der Waals surface area contributed by atoms with Gasteiger partial charge in [0.15, 0.2) is 5.70 Å². The Balaban J connectivity index is 1.28. The predicted molar refractivity (Wildman–Crippen MR) is 204 cm³/mol. The van der Waals surface area contributed by atoms with Gasteiger partial charge in [-0.15, -0.1) is 11.8 Å². The molecule has 0 aliphatic carbocycles. The van der Waals surface area contributed by atoms with E-state index in [4.69, 9.17) is 4.74 Å². The third-order valence-electron chi connectivity index (χ3n) is 10.6. The Morgan fingerprint density at radius 3 is 1.94 bits per heavy atom. The van der Waals surface area contributed by atoms with Crippen molar-refractivity contribution in [2.75, 3.05) is 31.4 Å². The molecule has 0 fully saturated rings. The van der Waals surface area contributed by atoms with Gasteiger partial charge in [0.05, 0.1) is 17.1 Å². The van der Waals surface area contributed by atoms with Gasteiger partial charge in [0.1, 0.15) is 11.5 Å². The van der Waals surface area contributed by atoms with E-state index < -0.39 is 6.97 Å². The smallest absolute Gasteiger partial charge is 0.491 e. The summed E-state index contributed by atoms with van der Waals surface area (Å²) in [6.07, 6.45) is 1.42. The molecule has 0 saturated carbocycles. The lowest BCUT2D eigenvalue weighted by Crippen LogP contribution is -2.51. The molecule has 4 nitrogen and oxygen atoms in total. The fourth-order valence-corrected chi connectivity index (χ4v) is 9.13. The van der Waals surface area contributed by atoms with Crippen molar-refractivity contribution in [1.82, 2.24) is 4.48 Å². The molecule has 8 heteroatoms. The van der Waals surface area contributed by atoms with Gasteiger partial charge in [-0.3, -0.25) is 0 Å². The summed E-state index contributed by atoms with van der Waals surface area (Å²) in [7, 11) is 4.10. The average molecular weight is 676 g/mol. The molecule has 0 radical (unpaired) electrons. The lowest BCUT2D eigenvalue weighted by molar-refractivity contribution is -0.363. The Kier molecular flexibility index (Phi) is 8.50. The van der Waals surface area contributed by atoms with Crippen molar-refractivity contribution < 1.29 is 17.9 Å². The van der Waals surface area contributed by atoms with Gasteiger partial charge in [-0.2, -0.15) is 0 Å². The van der Waals surface area contributed by atoms with Crippen molar-refractivity contribution in [3.8, 4) is 11.1 Å². The number of anilines is 1. The Hall–Kier alpha value is -4.30. The van der Waals surface area contributed by atoms with E-state index in [1.54, 1.807) is 0 Å². The highest BCUT2D eigenvalue weighted by Crippen LogP contribution is 2.47. The molecule has 0 atom stereocenters. The van der Waals surface area contributed by atoms with Crippen LogP contribution in [0.5, 0.6) is 0 Å². The van der Waals surface area contributed by atoms with Crippen LogP contribution in [0.15, 0.2) is 89.6 Å². The first-order valence-corrected chi connectivity index (χ1v) is 18.3. The highest BCUT2D eigenvalue weighted by molar-refractivity contribution is 8.08. The van der Waals surface area contributed by atoms with Gasteiger partial charge in [-0.05, 0) is 84.8 Å². The topological polar surface area (TPSA) is 20.4 Å². The maximum Gasteiger partial charge on any atom is 0.737 e. The minimum atomic E-state index is -4.04. The number of hydrogen-bond acceptors (Lipinski definition) is 3. The molecule has 1 aromatic heterocycles. The van der Waals surface area contributed by atoms with Gasteiger partial charge in [0.2, 0.25) is 0 Å². The standard InChI is InChI=1S/C41H44BF2N3OS/c1-9-35-25(3)38-37(39-26(4)36(10-2)28(6)47(39)42(43,44)46(38)27(35)5)31-15-11-29(12-16-31)30-13-17-32(18-14-30)40-41(49-24-23-48-40)33-19-21-34(22-20-33)45(7)8/h11-22H,9-10,23-24H2,1-8H3. The molecular formula is C41H44BF2N3OS. The SMILES string of the molecule is CCC1=C(C)C2=C(c3ccc(-c4ccc(C5=C(c6ccc(N(C)C)cc6)SCCO5)cc4)cc3)c3c(C)c(CC)c(C)n3[B-](F)(F)[N+]2=C1C.